The molecule has 138 valence electrons. The van der Waals surface area contributed by atoms with E-state index >= 15 is 0 Å². The number of carbonyl (C=O) groups excluding carboxylic acids is 1. The number of anilines is 1. The van der Waals surface area contributed by atoms with Gasteiger partial charge < -0.3 is 5.32 Å². The lowest BCUT2D eigenvalue weighted by atomic mass is 10.1. The molecule has 0 aromatic heterocycles. The average molecular weight is 393 g/mol. The lowest BCUT2D eigenvalue weighted by Gasteiger charge is -2.15. The van der Waals surface area contributed by atoms with Crippen molar-refractivity contribution in [2.24, 2.45) is 0 Å². The molecule has 1 amide bonds. The van der Waals surface area contributed by atoms with E-state index in [2.05, 4.69) is 5.32 Å². The fourth-order valence-electron chi connectivity index (χ4n) is 2.98. The third-order valence-corrected chi connectivity index (χ3v) is 6.55. The summed E-state index contributed by atoms with van der Waals surface area (Å²) in [7, 11) is -3.28. The second-order valence-corrected chi connectivity index (χ2v) is 8.88. The number of halogens is 1. The van der Waals surface area contributed by atoms with Crippen LogP contribution in [-0.4, -0.2) is 31.7 Å². The number of benzene rings is 2. The van der Waals surface area contributed by atoms with Crippen LogP contribution in [0.25, 0.3) is 0 Å². The molecule has 1 fully saturated rings. The molecule has 1 N–H and O–H groups in total. The molecular formula is C19H21ClN2O3S. The Morgan fingerprint density at radius 1 is 1.12 bits per heavy atom. The van der Waals surface area contributed by atoms with E-state index in [4.69, 9.17) is 11.6 Å². The van der Waals surface area contributed by atoms with E-state index in [1.54, 1.807) is 42.5 Å². The second kappa shape index (κ2) is 7.78. The average Bonchev–Trinajstić information content (AvgIpc) is 3.13. The monoisotopic (exact) mass is 392 g/mol. The Morgan fingerprint density at radius 3 is 2.38 bits per heavy atom. The highest BCUT2D eigenvalue weighted by Gasteiger charge is 2.25. The fourth-order valence-corrected chi connectivity index (χ4v) is 4.82. The summed E-state index contributed by atoms with van der Waals surface area (Å²) in [6.07, 6.45) is 1.84. The summed E-state index contributed by atoms with van der Waals surface area (Å²) in [5.74, 6) is -0.282. The smallest absolute Gasteiger partial charge is 0.255 e. The number of nitrogens with one attached hydrogen (secondary N) is 1. The van der Waals surface area contributed by atoms with Crippen molar-refractivity contribution in [3.05, 3.63) is 64.2 Å². The van der Waals surface area contributed by atoms with Gasteiger partial charge in [0.1, 0.15) is 0 Å². The summed E-state index contributed by atoms with van der Waals surface area (Å²) < 4.78 is 26.3. The third kappa shape index (κ3) is 4.44. The van der Waals surface area contributed by atoms with Gasteiger partial charge in [0, 0.05) is 29.4 Å². The maximum Gasteiger partial charge on any atom is 0.255 e. The molecule has 2 aromatic carbocycles. The highest BCUT2D eigenvalue weighted by Crippen LogP contribution is 2.21. The van der Waals surface area contributed by atoms with Gasteiger partial charge in [0.25, 0.3) is 5.91 Å². The molecule has 0 unspecified atom stereocenters. The molecule has 1 aliphatic heterocycles. The van der Waals surface area contributed by atoms with Crippen molar-refractivity contribution < 1.29 is 13.2 Å². The first-order valence-corrected chi connectivity index (χ1v) is 10.5. The first-order chi connectivity index (χ1) is 12.3. The largest absolute Gasteiger partial charge is 0.322 e. The van der Waals surface area contributed by atoms with Gasteiger partial charge in [-0.05, 0) is 61.2 Å². The van der Waals surface area contributed by atoms with Crippen molar-refractivity contribution in [2.45, 2.75) is 25.5 Å². The second-order valence-electron chi connectivity index (χ2n) is 6.47. The van der Waals surface area contributed by atoms with Gasteiger partial charge in [-0.25, -0.2) is 12.7 Å². The van der Waals surface area contributed by atoms with Crippen LogP contribution in [0, 0.1) is 6.92 Å². The fraction of sp³-hybridized carbons (Fsp3) is 0.316. The molecular weight excluding hydrogens is 372 g/mol. The van der Waals surface area contributed by atoms with Crippen LogP contribution >= 0.6 is 11.6 Å². The molecule has 1 aliphatic rings. The van der Waals surface area contributed by atoms with Gasteiger partial charge in [-0.1, -0.05) is 23.7 Å². The quantitative estimate of drug-likeness (QED) is 0.840. The van der Waals surface area contributed by atoms with Crippen LogP contribution in [0.1, 0.15) is 34.3 Å². The number of nitrogens with zero attached hydrogens (tertiary/aromatic N) is 1. The van der Waals surface area contributed by atoms with E-state index in [1.807, 2.05) is 6.92 Å². The van der Waals surface area contributed by atoms with Crippen molar-refractivity contribution >= 4 is 33.2 Å². The molecule has 5 nitrogen and oxygen atoms in total. The Hall–Kier alpha value is -1.89. The number of hydrogen-bond acceptors (Lipinski definition) is 3. The summed E-state index contributed by atoms with van der Waals surface area (Å²) in [6.45, 7) is 3.07. The minimum absolute atomic E-state index is 0.0365. The summed E-state index contributed by atoms with van der Waals surface area (Å²) in [5, 5.41) is 3.46. The van der Waals surface area contributed by atoms with Crippen LogP contribution in [-0.2, 0) is 15.8 Å². The van der Waals surface area contributed by atoms with Crippen molar-refractivity contribution in [3.8, 4) is 0 Å². The molecule has 0 aliphatic carbocycles. The maximum atomic E-state index is 12.4. The van der Waals surface area contributed by atoms with Crippen LogP contribution in [0.15, 0.2) is 42.5 Å². The zero-order valence-corrected chi connectivity index (χ0v) is 16.1. The minimum atomic E-state index is -3.28. The summed E-state index contributed by atoms with van der Waals surface area (Å²) in [6, 6.07) is 11.9. The molecule has 7 heteroatoms. The standard InChI is InChI=1S/C19H21ClN2O3S/c1-14-12-17(20)8-9-18(14)21-19(23)16-6-4-15(5-7-16)13-26(24,25)22-10-2-3-11-22/h4-9,12H,2-3,10-11,13H2,1H3,(H,21,23). The number of aryl methyl sites for hydroxylation is 1. The van der Waals surface area contributed by atoms with Crippen molar-refractivity contribution in [2.75, 3.05) is 18.4 Å². The van der Waals surface area contributed by atoms with Gasteiger partial charge in [0.05, 0.1) is 5.75 Å². The summed E-state index contributed by atoms with van der Waals surface area (Å²) in [5.41, 5.74) is 2.72. The Balaban J connectivity index is 1.68. The Kier molecular flexibility index (Phi) is 5.65. The van der Waals surface area contributed by atoms with Gasteiger partial charge in [-0.15, -0.1) is 0 Å². The van der Waals surface area contributed by atoms with Crippen LogP contribution in [0.4, 0.5) is 5.69 Å². The number of amides is 1. The predicted octanol–water partition coefficient (Wildman–Crippen LogP) is 3.83. The molecule has 0 spiro atoms. The minimum Gasteiger partial charge on any atom is -0.322 e. The number of rotatable bonds is 5. The zero-order valence-electron chi connectivity index (χ0n) is 14.5. The summed E-state index contributed by atoms with van der Waals surface area (Å²) in [4.78, 5) is 12.4. The van der Waals surface area contributed by atoms with E-state index in [1.165, 1.54) is 4.31 Å². The van der Waals surface area contributed by atoms with Gasteiger partial charge in [-0.3, -0.25) is 4.79 Å². The molecule has 26 heavy (non-hydrogen) atoms. The van der Waals surface area contributed by atoms with E-state index in [9.17, 15) is 13.2 Å². The highest BCUT2D eigenvalue weighted by atomic mass is 35.5. The Labute approximate surface area is 159 Å². The Bertz CT molecular complexity index is 905. The SMILES string of the molecule is Cc1cc(Cl)ccc1NC(=O)c1ccc(CS(=O)(=O)N2CCCC2)cc1. The molecule has 0 saturated carbocycles. The molecule has 2 aromatic rings. The highest BCUT2D eigenvalue weighted by molar-refractivity contribution is 7.88. The van der Waals surface area contributed by atoms with Crippen molar-refractivity contribution in [1.29, 1.82) is 0 Å². The van der Waals surface area contributed by atoms with Gasteiger partial charge in [0.2, 0.25) is 10.0 Å². The van der Waals surface area contributed by atoms with E-state index < -0.39 is 10.0 Å². The van der Waals surface area contributed by atoms with E-state index in [0.717, 1.165) is 18.4 Å². The van der Waals surface area contributed by atoms with Gasteiger partial charge in [-0.2, -0.15) is 0 Å². The van der Waals surface area contributed by atoms with E-state index in [0.29, 0.717) is 34.9 Å². The molecule has 0 atom stereocenters. The lowest BCUT2D eigenvalue weighted by molar-refractivity contribution is 0.102. The van der Waals surface area contributed by atoms with Crippen molar-refractivity contribution in [1.82, 2.24) is 4.31 Å². The van der Waals surface area contributed by atoms with Gasteiger partial charge >= 0.3 is 0 Å². The van der Waals surface area contributed by atoms with Crippen molar-refractivity contribution in [3.63, 3.8) is 0 Å². The molecule has 1 heterocycles. The third-order valence-electron chi connectivity index (χ3n) is 4.46. The molecule has 0 radical (unpaired) electrons. The predicted molar refractivity (Wildman–Crippen MR) is 104 cm³/mol. The van der Waals surface area contributed by atoms with E-state index in [-0.39, 0.29) is 11.7 Å². The van der Waals surface area contributed by atoms with Crippen LogP contribution in [0.2, 0.25) is 5.02 Å². The molecule has 3 rings (SSSR count). The number of hydrogen-bond donors (Lipinski definition) is 1. The first-order valence-electron chi connectivity index (χ1n) is 8.49. The van der Waals surface area contributed by atoms with Crippen LogP contribution < -0.4 is 5.32 Å². The summed E-state index contributed by atoms with van der Waals surface area (Å²) >= 11 is 5.92. The maximum absolute atomic E-state index is 12.4. The van der Waals surface area contributed by atoms with Gasteiger partial charge in [0.15, 0.2) is 0 Å². The van der Waals surface area contributed by atoms with Crippen LogP contribution in [0.5, 0.6) is 0 Å². The normalized spacial score (nSPS) is 15.2. The lowest BCUT2D eigenvalue weighted by Crippen LogP contribution is -2.29. The zero-order chi connectivity index (χ0) is 18.7. The molecule has 0 bridgehead atoms. The number of carbonyl (C=O) groups is 1. The first kappa shape index (κ1) is 18.9. The number of sulfonamides is 1. The van der Waals surface area contributed by atoms with Crippen LogP contribution in [0.3, 0.4) is 0 Å². The topological polar surface area (TPSA) is 66.5 Å². The molecule has 1 saturated heterocycles. The Morgan fingerprint density at radius 2 is 1.77 bits per heavy atom.